The normalized spacial score (nSPS) is 13.0. The number of hydrogen-bond donors (Lipinski definition) is 1. The molecule has 0 amide bonds. The Morgan fingerprint density at radius 2 is 1.62 bits per heavy atom. The maximum absolute atomic E-state index is 13.6. The lowest BCUT2D eigenvalue weighted by Gasteiger charge is -2.15. The average Bonchev–Trinajstić information content (AvgIpc) is 2.39. The van der Waals surface area contributed by atoms with Gasteiger partial charge in [-0.15, -0.1) is 13.2 Å². The molecule has 0 aliphatic rings. The van der Waals surface area contributed by atoms with Gasteiger partial charge in [-0.3, -0.25) is 0 Å². The molecular weight excluding hydrogens is 293 g/mol. The Hall–Kier alpha value is -2.15. The fraction of sp³-hybridized carbons (Fsp3) is 0.143. The highest BCUT2D eigenvalue weighted by Crippen LogP contribution is 2.29. The molecule has 0 aliphatic carbocycles. The molecule has 0 unspecified atom stereocenters. The van der Waals surface area contributed by atoms with Crippen LogP contribution in [0.2, 0.25) is 0 Å². The summed E-state index contributed by atoms with van der Waals surface area (Å²) in [6.07, 6.45) is -4.99. The number of halogens is 5. The van der Waals surface area contributed by atoms with Crippen molar-refractivity contribution in [2.75, 3.05) is 0 Å². The molecule has 1 atom stereocenters. The molecule has 2 aromatic rings. The summed E-state index contributed by atoms with van der Waals surface area (Å²) in [7, 11) is 0. The average molecular weight is 303 g/mol. The Morgan fingerprint density at radius 3 is 2.19 bits per heavy atom. The maximum Gasteiger partial charge on any atom is 0.573 e. The van der Waals surface area contributed by atoms with Gasteiger partial charge in [-0.05, 0) is 23.8 Å². The Morgan fingerprint density at radius 1 is 0.952 bits per heavy atom. The monoisotopic (exact) mass is 303 g/mol. The molecule has 0 aromatic heterocycles. The van der Waals surface area contributed by atoms with E-state index in [1.54, 1.807) is 6.07 Å². The van der Waals surface area contributed by atoms with Gasteiger partial charge in [0.15, 0.2) is 11.6 Å². The highest BCUT2D eigenvalue weighted by Gasteiger charge is 2.32. The van der Waals surface area contributed by atoms with E-state index < -0.39 is 29.8 Å². The highest BCUT2D eigenvalue weighted by atomic mass is 19.4. The van der Waals surface area contributed by atoms with Gasteiger partial charge < -0.3 is 10.5 Å². The first-order chi connectivity index (χ1) is 9.78. The molecule has 0 radical (unpaired) electrons. The zero-order chi connectivity index (χ0) is 15.6. The van der Waals surface area contributed by atoms with Gasteiger partial charge in [-0.1, -0.05) is 24.3 Å². The lowest BCUT2D eigenvalue weighted by Crippen LogP contribution is -2.18. The fourth-order valence-electron chi connectivity index (χ4n) is 1.82. The maximum atomic E-state index is 13.6. The Bertz CT molecular complexity index is 642. The van der Waals surface area contributed by atoms with Crippen molar-refractivity contribution in [3.63, 3.8) is 0 Å². The second-order valence-electron chi connectivity index (χ2n) is 4.24. The Kier molecular flexibility index (Phi) is 4.13. The van der Waals surface area contributed by atoms with E-state index in [0.717, 1.165) is 18.2 Å². The van der Waals surface area contributed by atoms with E-state index in [-0.39, 0.29) is 11.1 Å². The van der Waals surface area contributed by atoms with E-state index >= 15 is 0 Å². The van der Waals surface area contributed by atoms with Gasteiger partial charge in [0.2, 0.25) is 0 Å². The summed E-state index contributed by atoms with van der Waals surface area (Å²) in [5, 5.41) is 0. The van der Waals surface area contributed by atoms with Crippen molar-refractivity contribution in [2.24, 2.45) is 5.73 Å². The van der Waals surface area contributed by atoms with Gasteiger partial charge in [0.1, 0.15) is 5.82 Å². The zero-order valence-electron chi connectivity index (χ0n) is 10.5. The van der Waals surface area contributed by atoms with Gasteiger partial charge in [0, 0.05) is 5.56 Å². The van der Waals surface area contributed by atoms with Crippen molar-refractivity contribution < 1.29 is 26.7 Å². The van der Waals surface area contributed by atoms with E-state index in [4.69, 9.17) is 5.73 Å². The minimum atomic E-state index is -4.99. The summed E-state index contributed by atoms with van der Waals surface area (Å²) in [5.41, 5.74) is 6.04. The van der Waals surface area contributed by atoms with Crippen molar-refractivity contribution in [3.8, 4) is 5.75 Å². The van der Waals surface area contributed by atoms with Gasteiger partial charge in [-0.25, -0.2) is 8.78 Å². The van der Waals surface area contributed by atoms with Crippen LogP contribution in [0.1, 0.15) is 17.2 Å². The van der Waals surface area contributed by atoms with Crippen LogP contribution >= 0.6 is 0 Å². The van der Waals surface area contributed by atoms with Crippen molar-refractivity contribution in [3.05, 3.63) is 65.2 Å². The summed E-state index contributed by atoms with van der Waals surface area (Å²) in [5.74, 6) is -2.77. The van der Waals surface area contributed by atoms with Crippen molar-refractivity contribution in [2.45, 2.75) is 12.4 Å². The molecule has 0 saturated carbocycles. The molecule has 2 nitrogen and oxygen atoms in total. The molecule has 0 bridgehead atoms. The lowest BCUT2D eigenvalue weighted by molar-refractivity contribution is -0.275. The number of rotatable bonds is 3. The smallest absolute Gasteiger partial charge is 0.403 e. The molecule has 7 heteroatoms. The van der Waals surface area contributed by atoms with E-state index in [2.05, 4.69) is 4.74 Å². The number of ether oxygens (including phenoxy) is 1. The van der Waals surface area contributed by atoms with Crippen LogP contribution in [-0.2, 0) is 0 Å². The molecule has 21 heavy (non-hydrogen) atoms. The third kappa shape index (κ3) is 3.69. The summed E-state index contributed by atoms with van der Waals surface area (Å²) < 4.78 is 66.8. The second-order valence-corrected chi connectivity index (χ2v) is 4.24. The van der Waals surface area contributed by atoms with Crippen molar-refractivity contribution in [1.29, 1.82) is 0 Å². The minimum Gasteiger partial charge on any atom is -0.403 e. The minimum absolute atomic E-state index is 0.112. The second kappa shape index (κ2) is 5.69. The number of alkyl halides is 3. The topological polar surface area (TPSA) is 35.2 Å². The summed E-state index contributed by atoms with van der Waals surface area (Å²) in [4.78, 5) is 0. The predicted octanol–water partition coefficient (Wildman–Crippen LogP) is 3.91. The van der Waals surface area contributed by atoms with Gasteiger partial charge in [0.25, 0.3) is 0 Å². The Labute approximate surface area is 116 Å². The van der Waals surface area contributed by atoms with Crippen LogP contribution in [0.25, 0.3) is 0 Å². The fourth-order valence-corrected chi connectivity index (χ4v) is 1.82. The van der Waals surface area contributed by atoms with Crippen LogP contribution in [0.5, 0.6) is 5.75 Å². The van der Waals surface area contributed by atoms with Crippen LogP contribution in [-0.4, -0.2) is 6.36 Å². The first-order valence-electron chi connectivity index (χ1n) is 5.83. The van der Waals surface area contributed by atoms with Crippen LogP contribution in [0.3, 0.4) is 0 Å². The summed E-state index contributed by atoms with van der Waals surface area (Å²) >= 11 is 0. The molecule has 112 valence electrons. The molecule has 0 saturated heterocycles. The zero-order valence-corrected chi connectivity index (χ0v) is 10.5. The summed E-state index contributed by atoms with van der Waals surface area (Å²) in [6.45, 7) is 0. The van der Waals surface area contributed by atoms with Gasteiger partial charge in [-0.2, -0.15) is 0 Å². The Balaban J connectivity index is 2.30. The van der Waals surface area contributed by atoms with Crippen molar-refractivity contribution >= 4 is 0 Å². The van der Waals surface area contributed by atoms with E-state index in [0.29, 0.717) is 0 Å². The molecule has 2 N–H and O–H groups in total. The third-order valence-corrected chi connectivity index (χ3v) is 2.78. The molecule has 0 spiro atoms. The van der Waals surface area contributed by atoms with E-state index in [1.807, 2.05) is 0 Å². The van der Waals surface area contributed by atoms with Gasteiger partial charge in [0.05, 0.1) is 6.04 Å². The first-order valence-corrected chi connectivity index (χ1v) is 5.83. The molecular formula is C14H10F5NO. The number of benzene rings is 2. The summed E-state index contributed by atoms with van der Waals surface area (Å²) in [6, 6.07) is 7.37. The largest absolute Gasteiger partial charge is 0.573 e. The lowest BCUT2D eigenvalue weighted by atomic mass is 9.99. The molecule has 2 rings (SSSR count). The molecule has 0 aliphatic heterocycles. The molecule has 0 heterocycles. The quantitative estimate of drug-likeness (QED) is 0.873. The molecule has 2 aromatic carbocycles. The highest BCUT2D eigenvalue weighted by molar-refractivity contribution is 5.36. The van der Waals surface area contributed by atoms with Crippen molar-refractivity contribution in [1.82, 2.24) is 0 Å². The first kappa shape index (κ1) is 15.2. The number of hydrogen-bond acceptors (Lipinski definition) is 2. The van der Waals surface area contributed by atoms with Gasteiger partial charge >= 0.3 is 6.36 Å². The van der Waals surface area contributed by atoms with Crippen LogP contribution in [0.4, 0.5) is 22.0 Å². The predicted molar refractivity (Wildman–Crippen MR) is 65.5 cm³/mol. The number of nitrogens with two attached hydrogens (primary N) is 1. The third-order valence-electron chi connectivity index (χ3n) is 2.78. The van der Waals surface area contributed by atoms with E-state index in [9.17, 15) is 22.0 Å². The van der Waals surface area contributed by atoms with Crippen LogP contribution in [0.15, 0.2) is 42.5 Å². The SMILES string of the molecule is N[C@@H](c1ccc(OC(F)(F)F)c(F)c1)c1ccccc1F. The standard InChI is InChI=1S/C14H10F5NO/c15-10-4-2-1-3-9(10)13(20)8-5-6-12(11(16)7-8)21-14(17,18)19/h1-7,13H,20H2/t13-/m0/s1. The van der Waals surface area contributed by atoms with Crippen LogP contribution < -0.4 is 10.5 Å². The van der Waals surface area contributed by atoms with Crippen LogP contribution in [0, 0.1) is 11.6 Å². The van der Waals surface area contributed by atoms with E-state index in [1.165, 1.54) is 18.2 Å². The molecule has 0 fully saturated rings.